The molecule has 2 aromatic rings. The van der Waals surface area contributed by atoms with Crippen LogP contribution in [0.2, 0.25) is 0 Å². The quantitative estimate of drug-likeness (QED) is 0.525. The molecule has 0 amide bonds. The maximum absolute atomic E-state index is 10.6. The molecular weight excluding hydrogens is 288 g/mol. The summed E-state index contributed by atoms with van der Waals surface area (Å²) in [5.74, 6) is 0.761. The van der Waals surface area contributed by atoms with Crippen LogP contribution in [-0.2, 0) is 0 Å². The molecule has 0 bridgehead atoms. The molecule has 0 radical (unpaired) electrons. The molecule has 0 saturated carbocycles. The molecular formula is C15H16N2O3S. The van der Waals surface area contributed by atoms with E-state index in [1.807, 2.05) is 24.3 Å². The number of nitro groups is 1. The van der Waals surface area contributed by atoms with Crippen LogP contribution in [-0.4, -0.2) is 17.0 Å². The average Bonchev–Trinajstić information content (AvgIpc) is 2.48. The number of nitro benzene ring substituents is 1. The molecule has 0 aromatic heterocycles. The van der Waals surface area contributed by atoms with Crippen molar-refractivity contribution in [2.75, 3.05) is 12.4 Å². The molecule has 0 fully saturated rings. The van der Waals surface area contributed by atoms with E-state index >= 15 is 0 Å². The molecule has 2 rings (SSSR count). The van der Waals surface area contributed by atoms with E-state index in [2.05, 4.69) is 5.32 Å². The maximum Gasteiger partial charge on any atom is 0.269 e. The first-order chi connectivity index (χ1) is 9.60. The highest BCUT2D eigenvalue weighted by Crippen LogP contribution is 2.17. The molecule has 0 heterocycles. The fraction of sp³-hybridized carbons (Fsp3) is 0.133. The van der Waals surface area contributed by atoms with Crippen molar-refractivity contribution in [3.8, 4) is 5.75 Å². The number of nitrogens with one attached hydrogen (secondary N) is 1. The summed E-state index contributed by atoms with van der Waals surface area (Å²) in [6.07, 6.45) is 0. The molecule has 0 saturated heterocycles. The van der Waals surface area contributed by atoms with Gasteiger partial charge in [0.15, 0.2) is 0 Å². The Morgan fingerprint density at radius 2 is 1.71 bits per heavy atom. The first-order valence-electron chi connectivity index (χ1n) is 5.80. The third-order valence-corrected chi connectivity index (χ3v) is 3.03. The van der Waals surface area contributed by atoms with Gasteiger partial charge in [-0.15, -0.1) is 0 Å². The summed E-state index contributed by atoms with van der Waals surface area (Å²) in [6.45, 7) is 0. The molecule has 0 atom stereocenters. The van der Waals surface area contributed by atoms with Crippen LogP contribution in [0.4, 0.5) is 11.4 Å². The van der Waals surface area contributed by atoms with Crippen LogP contribution in [0.5, 0.6) is 5.75 Å². The van der Waals surface area contributed by atoms with Crippen molar-refractivity contribution in [3.63, 3.8) is 0 Å². The molecule has 2 aromatic carbocycles. The smallest absolute Gasteiger partial charge is 0.269 e. The normalized spacial score (nSPS) is 9.38. The molecule has 0 aliphatic rings. The van der Waals surface area contributed by atoms with E-state index in [0.29, 0.717) is 4.99 Å². The fourth-order valence-corrected chi connectivity index (χ4v) is 1.87. The van der Waals surface area contributed by atoms with Gasteiger partial charge in [0.2, 0.25) is 0 Å². The highest BCUT2D eigenvalue weighted by Gasteiger charge is 2.07. The first-order valence-corrected chi connectivity index (χ1v) is 6.21. The molecule has 0 aliphatic heterocycles. The number of methoxy groups -OCH3 is 1. The molecule has 110 valence electrons. The van der Waals surface area contributed by atoms with Gasteiger partial charge in [-0.05, 0) is 36.4 Å². The Morgan fingerprint density at radius 3 is 2.19 bits per heavy atom. The van der Waals surface area contributed by atoms with Crippen molar-refractivity contribution in [3.05, 3.63) is 64.2 Å². The Bertz CT molecular complexity index is 624. The molecule has 0 unspecified atom stereocenters. The van der Waals surface area contributed by atoms with Crippen LogP contribution in [0.25, 0.3) is 0 Å². The predicted octanol–water partition coefficient (Wildman–Crippen LogP) is 4.03. The van der Waals surface area contributed by atoms with Crippen LogP contribution in [0.1, 0.15) is 13.0 Å². The summed E-state index contributed by atoms with van der Waals surface area (Å²) in [5, 5.41) is 13.6. The van der Waals surface area contributed by atoms with Crippen molar-refractivity contribution < 1.29 is 9.66 Å². The van der Waals surface area contributed by atoms with Crippen molar-refractivity contribution in [1.29, 1.82) is 0 Å². The Morgan fingerprint density at radius 1 is 1.14 bits per heavy atom. The lowest BCUT2D eigenvalue weighted by Gasteiger charge is -2.08. The molecule has 21 heavy (non-hydrogen) atoms. The second-order valence-electron chi connectivity index (χ2n) is 3.99. The van der Waals surface area contributed by atoms with E-state index in [0.717, 1.165) is 17.0 Å². The van der Waals surface area contributed by atoms with Crippen LogP contribution in [0.3, 0.4) is 0 Å². The average molecular weight is 304 g/mol. The highest BCUT2D eigenvalue weighted by molar-refractivity contribution is 7.81. The van der Waals surface area contributed by atoms with Crippen molar-refractivity contribution in [2.45, 2.75) is 7.43 Å². The fourth-order valence-electron chi connectivity index (χ4n) is 1.61. The summed E-state index contributed by atoms with van der Waals surface area (Å²) >= 11 is 5.26. The Hall–Kier alpha value is -2.47. The van der Waals surface area contributed by atoms with E-state index in [-0.39, 0.29) is 13.1 Å². The van der Waals surface area contributed by atoms with Crippen molar-refractivity contribution in [2.24, 2.45) is 0 Å². The number of hydrogen-bond donors (Lipinski definition) is 1. The number of thiocarbonyl (C=S) groups is 1. The molecule has 6 heteroatoms. The summed E-state index contributed by atoms with van der Waals surface area (Å²) in [7, 11) is 1.60. The number of benzene rings is 2. The van der Waals surface area contributed by atoms with E-state index in [9.17, 15) is 10.1 Å². The number of hydrogen-bond acceptors (Lipinski definition) is 4. The van der Waals surface area contributed by atoms with Gasteiger partial charge in [-0.1, -0.05) is 19.6 Å². The van der Waals surface area contributed by atoms with E-state index in [1.165, 1.54) is 12.1 Å². The maximum atomic E-state index is 10.6. The van der Waals surface area contributed by atoms with Gasteiger partial charge in [0.1, 0.15) is 10.7 Å². The highest BCUT2D eigenvalue weighted by atomic mass is 32.1. The number of non-ortho nitro benzene ring substituents is 1. The topological polar surface area (TPSA) is 64.4 Å². The monoisotopic (exact) mass is 304 g/mol. The van der Waals surface area contributed by atoms with Gasteiger partial charge in [-0.3, -0.25) is 10.1 Å². The van der Waals surface area contributed by atoms with Gasteiger partial charge in [0, 0.05) is 23.4 Å². The molecule has 0 aliphatic carbocycles. The number of ether oxygens (including phenoxy) is 1. The lowest BCUT2D eigenvalue weighted by Crippen LogP contribution is -2.10. The third kappa shape index (κ3) is 4.25. The minimum absolute atomic E-state index is 0. The standard InChI is InChI=1S/C14H12N2O3S.CH4/c1-19-13-8-4-11(5-9-13)15-14(20)10-2-6-12(7-3-10)16(17)18;/h2-9H,1H3,(H,15,20);1H4. The zero-order chi connectivity index (χ0) is 14.5. The first kappa shape index (κ1) is 16.6. The van der Waals surface area contributed by atoms with Gasteiger partial charge in [-0.25, -0.2) is 0 Å². The zero-order valence-electron chi connectivity index (χ0n) is 10.7. The van der Waals surface area contributed by atoms with E-state index in [4.69, 9.17) is 17.0 Å². The lowest BCUT2D eigenvalue weighted by atomic mass is 10.2. The summed E-state index contributed by atoms with van der Waals surface area (Å²) in [5.41, 5.74) is 1.59. The van der Waals surface area contributed by atoms with Gasteiger partial charge < -0.3 is 10.1 Å². The third-order valence-electron chi connectivity index (χ3n) is 2.69. The Balaban J connectivity index is 0.00000220. The molecule has 1 N–H and O–H groups in total. The van der Waals surface area contributed by atoms with E-state index in [1.54, 1.807) is 19.2 Å². The Labute approximate surface area is 128 Å². The SMILES string of the molecule is C.COc1ccc(NC(=S)c2ccc([N+](=O)[O-])cc2)cc1. The molecule has 0 spiro atoms. The minimum atomic E-state index is -0.441. The second-order valence-corrected chi connectivity index (χ2v) is 4.39. The van der Waals surface area contributed by atoms with Crippen LogP contribution in [0, 0.1) is 10.1 Å². The van der Waals surface area contributed by atoms with Gasteiger partial charge in [0.25, 0.3) is 5.69 Å². The largest absolute Gasteiger partial charge is 0.497 e. The van der Waals surface area contributed by atoms with Gasteiger partial charge in [-0.2, -0.15) is 0 Å². The predicted molar refractivity (Wildman–Crippen MR) is 88.1 cm³/mol. The van der Waals surface area contributed by atoms with Crippen LogP contribution >= 0.6 is 12.2 Å². The number of nitrogens with zero attached hydrogens (tertiary/aromatic N) is 1. The molecule has 5 nitrogen and oxygen atoms in total. The van der Waals surface area contributed by atoms with E-state index < -0.39 is 4.92 Å². The van der Waals surface area contributed by atoms with Gasteiger partial charge in [0.05, 0.1) is 12.0 Å². The Kier molecular flexibility index (Phi) is 5.80. The minimum Gasteiger partial charge on any atom is -0.497 e. The van der Waals surface area contributed by atoms with Crippen LogP contribution < -0.4 is 10.1 Å². The number of anilines is 1. The zero-order valence-corrected chi connectivity index (χ0v) is 11.5. The lowest BCUT2D eigenvalue weighted by molar-refractivity contribution is -0.384. The summed E-state index contributed by atoms with van der Waals surface area (Å²) < 4.78 is 5.07. The van der Waals surface area contributed by atoms with Crippen molar-refractivity contribution in [1.82, 2.24) is 0 Å². The second kappa shape index (κ2) is 7.35. The number of rotatable bonds is 4. The van der Waals surface area contributed by atoms with Crippen LogP contribution in [0.15, 0.2) is 48.5 Å². The summed E-state index contributed by atoms with van der Waals surface area (Å²) in [4.78, 5) is 10.6. The summed E-state index contributed by atoms with van der Waals surface area (Å²) in [6, 6.07) is 13.4. The van der Waals surface area contributed by atoms with Gasteiger partial charge >= 0.3 is 0 Å². The van der Waals surface area contributed by atoms with Crippen molar-refractivity contribution >= 4 is 28.6 Å².